The Morgan fingerprint density at radius 2 is 1.79 bits per heavy atom. The van der Waals surface area contributed by atoms with Gasteiger partial charge in [0.2, 0.25) is 0 Å². The molecule has 0 aliphatic carbocycles. The Bertz CT molecular complexity index is 1580. The number of carbonyl (C=O) groups excluding carboxylic acids is 1. The van der Waals surface area contributed by atoms with Crippen molar-refractivity contribution >= 4 is 23.1 Å². The highest BCUT2D eigenvalue weighted by molar-refractivity contribution is 5.86. The van der Waals surface area contributed by atoms with Crippen LogP contribution in [0, 0.1) is 0 Å². The van der Waals surface area contributed by atoms with E-state index in [2.05, 4.69) is 10.1 Å². The molecule has 0 spiro atoms. The third-order valence-electron chi connectivity index (χ3n) is 5.57. The van der Waals surface area contributed by atoms with Crippen LogP contribution in [-0.4, -0.2) is 42.2 Å². The molecule has 0 fully saturated rings. The van der Waals surface area contributed by atoms with Gasteiger partial charge in [0.15, 0.2) is 23.4 Å². The lowest BCUT2D eigenvalue weighted by molar-refractivity contribution is -0.148. The van der Waals surface area contributed by atoms with Gasteiger partial charge in [0.05, 0.1) is 36.9 Å². The van der Waals surface area contributed by atoms with Crippen molar-refractivity contribution in [3.8, 4) is 22.9 Å². The first-order valence-electron chi connectivity index (χ1n) is 11.3. The second-order valence-electron chi connectivity index (χ2n) is 8.05. The second kappa shape index (κ2) is 10.8. The van der Waals surface area contributed by atoms with Crippen molar-refractivity contribution in [3.63, 3.8) is 0 Å². The normalized spacial score (nSPS) is 12.5. The molecule has 0 radical (unpaired) electrons. The van der Waals surface area contributed by atoms with Gasteiger partial charge in [-0.1, -0.05) is 30.3 Å². The van der Waals surface area contributed by atoms with E-state index in [-0.39, 0.29) is 28.3 Å². The molecule has 0 unspecified atom stereocenters. The van der Waals surface area contributed by atoms with E-state index in [4.69, 9.17) is 14.2 Å². The molecule has 0 saturated carbocycles. The standard InChI is InChI=1S/C27H22F3N3O5/c1-16(26(35)37-3)38-23-18(9-7-13-22(23)36-2)15-31-33-24(17-8-6-10-19(14-17)27(28,29)30)32-21-12-5-4-11-20(21)25(33)34/h4-16H,1-3H3/t16-/m1/s1. The van der Waals surface area contributed by atoms with Gasteiger partial charge in [-0.3, -0.25) is 4.79 Å². The molecule has 38 heavy (non-hydrogen) atoms. The van der Waals surface area contributed by atoms with Gasteiger partial charge in [-0.2, -0.15) is 22.9 Å². The Morgan fingerprint density at radius 3 is 2.50 bits per heavy atom. The molecule has 1 heterocycles. The number of nitrogens with zero attached hydrogens (tertiary/aromatic N) is 3. The molecule has 11 heteroatoms. The molecule has 3 aromatic carbocycles. The molecule has 0 aliphatic rings. The van der Waals surface area contributed by atoms with Crippen LogP contribution in [0.15, 0.2) is 76.6 Å². The lowest BCUT2D eigenvalue weighted by Gasteiger charge is -2.17. The monoisotopic (exact) mass is 525 g/mol. The molecule has 8 nitrogen and oxygen atoms in total. The van der Waals surface area contributed by atoms with Crippen LogP contribution < -0.4 is 15.0 Å². The number of halogens is 3. The fourth-order valence-electron chi connectivity index (χ4n) is 3.68. The van der Waals surface area contributed by atoms with Crippen LogP contribution >= 0.6 is 0 Å². The van der Waals surface area contributed by atoms with Gasteiger partial charge in [-0.15, -0.1) is 0 Å². The van der Waals surface area contributed by atoms with Crippen molar-refractivity contribution in [2.24, 2.45) is 5.10 Å². The molecule has 0 amide bonds. The summed E-state index contributed by atoms with van der Waals surface area (Å²) < 4.78 is 57.0. The highest BCUT2D eigenvalue weighted by atomic mass is 19.4. The van der Waals surface area contributed by atoms with E-state index >= 15 is 0 Å². The number of hydrogen-bond donors (Lipinski definition) is 0. The summed E-state index contributed by atoms with van der Waals surface area (Å²) in [5.74, 6) is -0.282. The third-order valence-corrected chi connectivity index (χ3v) is 5.57. The van der Waals surface area contributed by atoms with E-state index in [1.807, 2.05) is 0 Å². The minimum absolute atomic E-state index is 0.0428. The van der Waals surface area contributed by atoms with E-state index in [1.54, 1.807) is 42.5 Å². The quantitative estimate of drug-likeness (QED) is 0.252. The number of para-hydroxylation sites is 2. The Hall–Kier alpha value is -4.67. The van der Waals surface area contributed by atoms with Crippen molar-refractivity contribution < 1.29 is 32.2 Å². The molecule has 0 bridgehead atoms. The number of hydrogen-bond acceptors (Lipinski definition) is 7. The molecule has 4 aromatic rings. The summed E-state index contributed by atoms with van der Waals surface area (Å²) in [6.07, 6.45) is -4.31. The maximum atomic E-state index is 13.4. The number of ether oxygens (including phenoxy) is 3. The number of fused-ring (bicyclic) bond motifs is 1. The summed E-state index contributed by atoms with van der Waals surface area (Å²) >= 11 is 0. The van der Waals surface area contributed by atoms with Gasteiger partial charge in [-0.25, -0.2) is 9.78 Å². The minimum Gasteiger partial charge on any atom is -0.493 e. The van der Waals surface area contributed by atoms with Crippen LogP contribution in [-0.2, 0) is 15.7 Å². The first kappa shape index (κ1) is 26.4. The summed E-state index contributed by atoms with van der Waals surface area (Å²) in [6.45, 7) is 1.49. The summed E-state index contributed by atoms with van der Waals surface area (Å²) in [4.78, 5) is 29.8. The molecular formula is C27H22F3N3O5. The van der Waals surface area contributed by atoms with E-state index in [0.717, 1.165) is 16.8 Å². The third kappa shape index (κ3) is 5.36. The van der Waals surface area contributed by atoms with E-state index < -0.39 is 29.4 Å². The van der Waals surface area contributed by atoms with Gasteiger partial charge in [-0.05, 0) is 43.3 Å². The fraction of sp³-hybridized carbons (Fsp3) is 0.185. The van der Waals surface area contributed by atoms with Crippen LogP contribution in [0.2, 0.25) is 0 Å². The Morgan fingerprint density at radius 1 is 1.05 bits per heavy atom. The zero-order valence-electron chi connectivity index (χ0n) is 20.5. The summed E-state index contributed by atoms with van der Waals surface area (Å²) in [5, 5.41) is 4.51. The van der Waals surface area contributed by atoms with Gasteiger partial charge in [0.1, 0.15) is 0 Å². The van der Waals surface area contributed by atoms with Crippen LogP contribution in [0.5, 0.6) is 11.5 Å². The number of aromatic nitrogens is 2. The van der Waals surface area contributed by atoms with Crippen LogP contribution in [0.3, 0.4) is 0 Å². The highest BCUT2D eigenvalue weighted by Gasteiger charge is 2.31. The number of esters is 1. The molecule has 196 valence electrons. The molecule has 1 atom stereocenters. The van der Waals surface area contributed by atoms with Gasteiger partial charge < -0.3 is 14.2 Å². The molecular weight excluding hydrogens is 503 g/mol. The van der Waals surface area contributed by atoms with Crippen molar-refractivity contribution in [1.82, 2.24) is 9.66 Å². The van der Waals surface area contributed by atoms with Crippen LogP contribution in [0.25, 0.3) is 22.3 Å². The first-order chi connectivity index (χ1) is 18.1. The average molecular weight is 525 g/mol. The van der Waals surface area contributed by atoms with Crippen molar-refractivity contribution in [3.05, 3.63) is 88.2 Å². The lowest BCUT2D eigenvalue weighted by atomic mass is 10.1. The van der Waals surface area contributed by atoms with E-state index in [9.17, 15) is 22.8 Å². The Labute approximate surface area is 214 Å². The number of alkyl halides is 3. The number of carbonyl (C=O) groups is 1. The zero-order valence-corrected chi connectivity index (χ0v) is 20.5. The number of benzene rings is 3. The summed E-state index contributed by atoms with van der Waals surface area (Å²) in [5.41, 5.74) is -0.814. The minimum atomic E-state index is -4.59. The van der Waals surface area contributed by atoms with E-state index in [1.165, 1.54) is 39.5 Å². The number of rotatable bonds is 7. The Balaban J connectivity index is 1.89. The smallest absolute Gasteiger partial charge is 0.416 e. The average Bonchev–Trinajstić information content (AvgIpc) is 2.92. The van der Waals surface area contributed by atoms with Gasteiger partial charge >= 0.3 is 12.1 Å². The van der Waals surface area contributed by atoms with Crippen LogP contribution in [0.1, 0.15) is 18.1 Å². The molecule has 4 rings (SSSR count). The molecule has 0 aliphatic heterocycles. The van der Waals surface area contributed by atoms with Crippen LogP contribution in [0.4, 0.5) is 13.2 Å². The van der Waals surface area contributed by atoms with Crippen molar-refractivity contribution in [2.75, 3.05) is 14.2 Å². The Kier molecular flexibility index (Phi) is 7.47. The molecule has 1 aromatic heterocycles. The first-order valence-corrected chi connectivity index (χ1v) is 11.3. The van der Waals surface area contributed by atoms with Crippen molar-refractivity contribution in [2.45, 2.75) is 19.2 Å². The van der Waals surface area contributed by atoms with Gasteiger partial charge in [0, 0.05) is 11.1 Å². The van der Waals surface area contributed by atoms with Crippen molar-refractivity contribution in [1.29, 1.82) is 0 Å². The maximum absolute atomic E-state index is 13.4. The highest BCUT2D eigenvalue weighted by Crippen LogP contribution is 2.33. The van der Waals surface area contributed by atoms with E-state index in [0.29, 0.717) is 11.1 Å². The topological polar surface area (TPSA) is 92.0 Å². The largest absolute Gasteiger partial charge is 0.493 e. The maximum Gasteiger partial charge on any atom is 0.416 e. The summed E-state index contributed by atoms with van der Waals surface area (Å²) in [6, 6.07) is 15.8. The second-order valence-corrected chi connectivity index (χ2v) is 8.05. The fourth-order valence-corrected chi connectivity index (χ4v) is 3.68. The zero-order chi connectivity index (χ0) is 27.4. The number of methoxy groups -OCH3 is 2. The predicted molar refractivity (Wildman–Crippen MR) is 135 cm³/mol. The summed E-state index contributed by atoms with van der Waals surface area (Å²) in [7, 11) is 2.64. The molecule has 0 saturated heterocycles. The molecule has 0 N–H and O–H groups in total. The predicted octanol–water partition coefficient (Wildman–Crippen LogP) is 4.91. The van der Waals surface area contributed by atoms with Gasteiger partial charge in [0.25, 0.3) is 5.56 Å². The SMILES string of the molecule is COC(=O)[C@@H](C)Oc1c(C=Nn2c(-c3cccc(C(F)(F)F)c3)nc3ccccc3c2=O)cccc1OC. The lowest BCUT2D eigenvalue weighted by Crippen LogP contribution is -2.25.